The Hall–Kier alpha value is -1.24. The molecule has 6 nitrogen and oxygen atoms in total. The Bertz CT molecular complexity index is 492. The van der Waals surface area contributed by atoms with Crippen LogP contribution in [0.4, 0.5) is 0 Å². The molecule has 1 saturated heterocycles. The first kappa shape index (κ1) is 14.2. The van der Waals surface area contributed by atoms with E-state index in [0.717, 1.165) is 24.4 Å². The number of nitrogens with one attached hydrogen (secondary N) is 2. The van der Waals surface area contributed by atoms with Gasteiger partial charge in [-0.3, -0.25) is 4.57 Å². The molecule has 1 atom stereocenters. The van der Waals surface area contributed by atoms with Gasteiger partial charge in [-0.2, -0.15) is 4.98 Å². The summed E-state index contributed by atoms with van der Waals surface area (Å²) in [5.41, 5.74) is 0.810. The van der Waals surface area contributed by atoms with Crippen LogP contribution in [0.2, 0.25) is 0 Å². The standard InChI is InChI=1S/C13H22N4O2/c1-10-7-11(2)17(12(18)16-10)6-5-15-9-13(19)3-4-14-8-13/h7,14-15,19H,3-6,8-9H2,1-2H3. The molecule has 0 radical (unpaired) electrons. The molecule has 1 fully saturated rings. The van der Waals surface area contributed by atoms with Crippen molar-refractivity contribution in [1.29, 1.82) is 0 Å². The summed E-state index contributed by atoms with van der Waals surface area (Å²) in [7, 11) is 0. The van der Waals surface area contributed by atoms with Crippen molar-refractivity contribution in [2.24, 2.45) is 0 Å². The van der Waals surface area contributed by atoms with Crippen LogP contribution in [0.5, 0.6) is 0 Å². The summed E-state index contributed by atoms with van der Waals surface area (Å²) in [4.78, 5) is 15.7. The molecule has 2 rings (SSSR count). The maximum Gasteiger partial charge on any atom is 0.347 e. The van der Waals surface area contributed by atoms with Gasteiger partial charge in [-0.1, -0.05) is 0 Å². The molecule has 0 bridgehead atoms. The highest BCUT2D eigenvalue weighted by Gasteiger charge is 2.30. The molecule has 1 aromatic rings. The summed E-state index contributed by atoms with van der Waals surface area (Å²) >= 11 is 0. The van der Waals surface area contributed by atoms with E-state index in [1.807, 2.05) is 19.9 Å². The van der Waals surface area contributed by atoms with Gasteiger partial charge in [0, 0.05) is 37.6 Å². The van der Waals surface area contributed by atoms with Gasteiger partial charge in [0.1, 0.15) is 0 Å². The second-order valence-electron chi connectivity index (χ2n) is 5.30. The Kier molecular flexibility index (Phi) is 4.34. The predicted molar refractivity (Wildman–Crippen MR) is 73.3 cm³/mol. The maximum absolute atomic E-state index is 11.7. The fraction of sp³-hybridized carbons (Fsp3) is 0.692. The van der Waals surface area contributed by atoms with E-state index in [0.29, 0.717) is 26.2 Å². The Balaban J connectivity index is 1.84. The topological polar surface area (TPSA) is 79.2 Å². The van der Waals surface area contributed by atoms with Crippen LogP contribution in [0.15, 0.2) is 10.9 Å². The van der Waals surface area contributed by atoms with Crippen molar-refractivity contribution in [1.82, 2.24) is 20.2 Å². The lowest BCUT2D eigenvalue weighted by atomic mass is 10.0. The van der Waals surface area contributed by atoms with Crippen LogP contribution < -0.4 is 16.3 Å². The van der Waals surface area contributed by atoms with Gasteiger partial charge in [0.2, 0.25) is 0 Å². The predicted octanol–water partition coefficient (Wildman–Crippen LogP) is -0.826. The van der Waals surface area contributed by atoms with Crippen molar-refractivity contribution in [3.8, 4) is 0 Å². The zero-order chi connectivity index (χ0) is 13.9. The van der Waals surface area contributed by atoms with Crippen molar-refractivity contribution in [3.63, 3.8) is 0 Å². The van der Waals surface area contributed by atoms with Crippen molar-refractivity contribution in [2.75, 3.05) is 26.2 Å². The molecule has 0 spiro atoms. The maximum atomic E-state index is 11.7. The fourth-order valence-corrected chi connectivity index (χ4v) is 2.44. The van der Waals surface area contributed by atoms with Crippen LogP contribution in [0.3, 0.4) is 0 Å². The van der Waals surface area contributed by atoms with E-state index in [2.05, 4.69) is 15.6 Å². The second kappa shape index (κ2) is 5.81. The van der Waals surface area contributed by atoms with E-state index in [4.69, 9.17) is 0 Å². The number of aliphatic hydroxyl groups is 1. The molecule has 1 aliphatic heterocycles. The van der Waals surface area contributed by atoms with Gasteiger partial charge < -0.3 is 15.7 Å². The van der Waals surface area contributed by atoms with Gasteiger partial charge in [0.05, 0.1) is 5.60 Å². The Morgan fingerprint density at radius 3 is 3.00 bits per heavy atom. The van der Waals surface area contributed by atoms with Gasteiger partial charge in [-0.15, -0.1) is 0 Å². The van der Waals surface area contributed by atoms with Crippen LogP contribution in [-0.2, 0) is 6.54 Å². The molecule has 2 heterocycles. The highest BCUT2D eigenvalue weighted by molar-refractivity contribution is 5.06. The lowest BCUT2D eigenvalue weighted by Gasteiger charge is -2.21. The van der Waals surface area contributed by atoms with E-state index in [9.17, 15) is 9.90 Å². The van der Waals surface area contributed by atoms with Crippen LogP contribution in [0.25, 0.3) is 0 Å². The third-order valence-corrected chi connectivity index (χ3v) is 3.53. The zero-order valence-corrected chi connectivity index (χ0v) is 11.6. The van der Waals surface area contributed by atoms with Crippen LogP contribution in [0.1, 0.15) is 17.8 Å². The average molecular weight is 266 g/mol. The number of hydrogen-bond donors (Lipinski definition) is 3. The van der Waals surface area contributed by atoms with Gasteiger partial charge in [0.25, 0.3) is 0 Å². The summed E-state index contributed by atoms with van der Waals surface area (Å²) in [5, 5.41) is 16.5. The number of nitrogens with zero attached hydrogens (tertiary/aromatic N) is 2. The summed E-state index contributed by atoms with van der Waals surface area (Å²) in [6, 6.07) is 1.90. The Morgan fingerprint density at radius 1 is 1.58 bits per heavy atom. The first-order valence-corrected chi connectivity index (χ1v) is 6.69. The Labute approximate surface area is 112 Å². The number of aromatic nitrogens is 2. The lowest BCUT2D eigenvalue weighted by Crippen LogP contribution is -2.43. The molecular weight excluding hydrogens is 244 g/mol. The van der Waals surface area contributed by atoms with Crippen molar-refractivity contribution >= 4 is 0 Å². The smallest absolute Gasteiger partial charge is 0.347 e. The fourth-order valence-electron chi connectivity index (χ4n) is 2.44. The number of aryl methyl sites for hydroxylation is 2. The minimum Gasteiger partial charge on any atom is -0.387 e. The molecule has 1 aromatic heterocycles. The summed E-state index contributed by atoms with van der Waals surface area (Å²) in [6.45, 7) is 6.98. The first-order valence-electron chi connectivity index (χ1n) is 6.69. The molecule has 0 amide bonds. The molecular formula is C13H22N4O2. The second-order valence-corrected chi connectivity index (χ2v) is 5.30. The highest BCUT2D eigenvalue weighted by atomic mass is 16.3. The molecule has 1 unspecified atom stereocenters. The molecule has 0 aliphatic carbocycles. The van der Waals surface area contributed by atoms with Crippen LogP contribution in [-0.4, -0.2) is 46.4 Å². The minimum atomic E-state index is -0.647. The Morgan fingerprint density at radius 2 is 2.37 bits per heavy atom. The average Bonchev–Trinajstić information content (AvgIpc) is 2.74. The highest BCUT2D eigenvalue weighted by Crippen LogP contribution is 2.12. The molecule has 0 saturated carbocycles. The molecule has 19 heavy (non-hydrogen) atoms. The van der Waals surface area contributed by atoms with Crippen molar-refractivity contribution in [3.05, 3.63) is 27.9 Å². The first-order chi connectivity index (χ1) is 9.00. The largest absolute Gasteiger partial charge is 0.387 e. The summed E-state index contributed by atoms with van der Waals surface area (Å²) < 4.78 is 1.65. The van der Waals surface area contributed by atoms with E-state index >= 15 is 0 Å². The quantitative estimate of drug-likeness (QED) is 0.607. The van der Waals surface area contributed by atoms with Gasteiger partial charge in [0.15, 0.2) is 0 Å². The minimum absolute atomic E-state index is 0.208. The monoisotopic (exact) mass is 266 g/mol. The van der Waals surface area contributed by atoms with Gasteiger partial charge >= 0.3 is 5.69 Å². The normalized spacial score (nSPS) is 22.9. The number of hydrogen-bond acceptors (Lipinski definition) is 5. The van der Waals surface area contributed by atoms with Gasteiger partial charge in [-0.05, 0) is 32.9 Å². The molecule has 6 heteroatoms. The van der Waals surface area contributed by atoms with Crippen LogP contribution in [0, 0.1) is 13.8 Å². The molecule has 1 aliphatic rings. The number of rotatable bonds is 5. The SMILES string of the molecule is Cc1cc(C)n(CCNCC2(O)CCNC2)c(=O)n1. The summed E-state index contributed by atoms with van der Waals surface area (Å²) in [5.74, 6) is 0. The molecule has 0 aromatic carbocycles. The van der Waals surface area contributed by atoms with E-state index in [1.54, 1.807) is 4.57 Å². The van der Waals surface area contributed by atoms with Crippen molar-refractivity contribution in [2.45, 2.75) is 32.4 Å². The summed E-state index contributed by atoms with van der Waals surface area (Å²) in [6.07, 6.45) is 0.769. The van der Waals surface area contributed by atoms with E-state index < -0.39 is 5.60 Å². The molecule has 106 valence electrons. The third kappa shape index (κ3) is 3.62. The number of β-amino-alcohol motifs (C(OH)–C–C–N with tert-alkyl or cyclic N) is 1. The van der Waals surface area contributed by atoms with Gasteiger partial charge in [-0.25, -0.2) is 4.79 Å². The van der Waals surface area contributed by atoms with Crippen molar-refractivity contribution < 1.29 is 5.11 Å². The third-order valence-electron chi connectivity index (χ3n) is 3.53. The zero-order valence-electron chi connectivity index (χ0n) is 11.6. The van der Waals surface area contributed by atoms with Crippen LogP contribution >= 0.6 is 0 Å². The van der Waals surface area contributed by atoms with E-state index in [1.165, 1.54) is 0 Å². The molecule has 3 N–H and O–H groups in total. The lowest BCUT2D eigenvalue weighted by molar-refractivity contribution is 0.0611. The van der Waals surface area contributed by atoms with E-state index in [-0.39, 0.29) is 5.69 Å².